The molecule has 8 aromatic heterocycles. The highest BCUT2D eigenvalue weighted by atomic mass is 35.5. The number of rotatable bonds is 21. The predicted molar refractivity (Wildman–Crippen MR) is 521 cm³/mol. The van der Waals surface area contributed by atoms with Gasteiger partial charge in [0.15, 0.2) is 46.1 Å². The van der Waals surface area contributed by atoms with Gasteiger partial charge >= 0.3 is 0 Å². The molecule has 53 nitrogen and oxygen atoms in total. The maximum atomic E-state index is 10.7. The van der Waals surface area contributed by atoms with Gasteiger partial charge in [0.25, 0.3) is 36.0 Å². The monoisotopic (exact) mass is 2100 g/mol. The fourth-order valence-electron chi connectivity index (χ4n) is 12.2. The van der Waals surface area contributed by atoms with Gasteiger partial charge in [0.2, 0.25) is 12.2 Å². The quantitative estimate of drug-likeness (QED) is 0.00991. The topological polar surface area (TPSA) is 596 Å². The molecule has 138 heavy (non-hydrogen) atoms. The molecule has 13 rings (SSSR count). The summed E-state index contributed by atoms with van der Waals surface area (Å²) in [4.78, 5) is 127. The molecule has 5 aliphatic heterocycles. The van der Waals surface area contributed by atoms with Crippen LogP contribution in [0.1, 0.15) is 44.5 Å². The fraction of sp³-hybridized carbons (Fsp3) is 0.373. The van der Waals surface area contributed by atoms with Gasteiger partial charge in [-0.2, -0.15) is 15.5 Å². The van der Waals surface area contributed by atoms with Gasteiger partial charge in [-0.1, -0.05) is 123 Å². The number of nitriles is 2. The van der Waals surface area contributed by atoms with Gasteiger partial charge < -0.3 is 74.6 Å². The molecule has 8 aromatic rings. The van der Waals surface area contributed by atoms with Crippen LogP contribution in [0, 0.1) is 83.6 Å². The molecule has 0 saturated carbocycles. The minimum absolute atomic E-state index is 0.171. The maximum Gasteiger partial charge on any atom is 0.277 e. The van der Waals surface area contributed by atoms with Gasteiger partial charge in [-0.05, 0) is 91.3 Å². The van der Waals surface area contributed by atoms with E-state index < -0.39 is 30.1 Å². The maximum absolute atomic E-state index is 10.7. The highest BCUT2D eigenvalue weighted by Gasteiger charge is 2.31. The number of nitrogens with one attached hydrogen (secondary N) is 4. The average Bonchev–Trinajstić information content (AvgIpc) is 1.35. The zero-order chi connectivity index (χ0) is 102. The number of amidine groups is 1. The number of hydrogen-bond donors (Lipinski definition) is 4. The van der Waals surface area contributed by atoms with Crippen molar-refractivity contribution in [2.45, 2.75) is 52.7 Å². The Hall–Kier alpha value is -13.8. The number of anilines is 1. The highest BCUT2D eigenvalue weighted by Crippen LogP contribution is 2.26. The number of aromatic nitrogens is 8. The van der Waals surface area contributed by atoms with Crippen LogP contribution in [0.15, 0.2) is 170 Å². The molecule has 5 saturated heterocycles. The normalized spacial score (nSPS) is 15.7. The van der Waals surface area contributed by atoms with Crippen molar-refractivity contribution in [3.8, 4) is 12.4 Å². The van der Waals surface area contributed by atoms with Gasteiger partial charge in [0.05, 0.1) is 56.6 Å². The lowest BCUT2D eigenvalue weighted by Gasteiger charge is -2.40. The largest absolute Gasteiger partial charge is 0.365 e. The first-order valence-corrected chi connectivity index (χ1v) is 44.3. The van der Waals surface area contributed by atoms with Crippen molar-refractivity contribution in [2.75, 3.05) is 142 Å². The second-order valence-electron chi connectivity index (χ2n) is 28.7. The number of hydrazone groups is 5. The summed E-state index contributed by atoms with van der Waals surface area (Å²) >= 11 is 48.3. The molecule has 0 bridgehead atoms. The lowest BCUT2D eigenvalue weighted by Crippen LogP contribution is -2.56. The minimum Gasteiger partial charge on any atom is -0.365 e. The van der Waals surface area contributed by atoms with Crippen molar-refractivity contribution in [2.24, 2.45) is 35.5 Å². The summed E-state index contributed by atoms with van der Waals surface area (Å²) in [5.74, 6) is 3.04. The lowest BCUT2D eigenvalue weighted by molar-refractivity contribution is -0.486. The summed E-state index contributed by atoms with van der Waals surface area (Å²) in [6, 6.07) is 21.2. The molecule has 0 unspecified atom stereocenters. The Bertz CT molecular complexity index is 5640. The second-order valence-corrected chi connectivity index (χ2v) is 34.4. The molecule has 0 atom stereocenters. The standard InChI is InChI=1S/C11H15ClN6O2.C10H12ClN5.C10H11ClN4.C9H13ClN6O2S.C9H10ClN5O2.C9H12ClN5O2.C9H9ClN4O2.C8H10ClN5O3S/c1-15-7-16(2)11(14-18(19)20)17(8-15)6-9-3-4-10(12)13-5-9;1-13-10(15-7-12)16(2)6-8-3-4-9(11)14-5-8;1-8(14-7-12)15(2)6-9-3-4-10(11)13-5-9;1-13-5-14(2)9(12-16(17)18)15(6-13)4-7-3-11-8(10)19-7;10-8-2-1-7(5-12-8)6-14-4-3-11-9(14)13-15(16)17;1-11-9(13-15(16)17)14(2)6-7-3-4-8(10)12-5-7;10-8-2-1-7(5-12-8)13-4-3-11-9(13)6-14(15)16;1-12-4-17-5-13(8(12)11-14(15)16)3-6-2-10-7(9)18-6/h3-5H,6-8H2,1-2H3;3-5H,6H2,1-2H3,(H,13,15);3-5H,6H2,1-2H3;3H,4-6H2,1-2H3;1-2,5H,3-4,6H2,(H,11,13);3-5H,6H2,1-2H3,(H,11,13);1-2,5-6,11H,3-4H2;2H,3-5H2,1H3/b14-11+;;;12-9+;;;9-6+;11-8+. The molecule has 4 N–H and O–H groups in total. The molecule has 63 heteroatoms. The van der Waals surface area contributed by atoms with Gasteiger partial charge in [-0.15, -0.1) is 22.7 Å². The van der Waals surface area contributed by atoms with Crippen LogP contribution < -0.4 is 26.2 Å². The molecule has 0 spiro atoms. The SMILES string of the molecule is CC(=NC#N)N(C)Cc1ccc(Cl)nc1.CN/C(=N\[N+](=O)[O-])N(C)Cc1ccc(Cl)nc1.CN1CN(C)/C(=N\[N+](=O)[O-])N(Cc2ccc(Cl)nc2)C1.CN1CN(C)/C(=N\[N+](=O)[O-])N(Cc2cnc(Cl)s2)C1.CN1COCN(Cc2cnc(Cl)s2)/C1=N/[N+](=O)[O-].CN=C(NC#N)N(C)Cc1ccc(Cl)nc1.O=[N+]([O-])/C=C1\NCCN1c1ccc(Cl)nc1.O=[N+]([O-])/N=C1\NCCN1Cc1ccc(Cl)nc1. The Morgan fingerprint density at radius 3 is 1.28 bits per heavy atom. The molecule has 0 amide bonds. The molecule has 738 valence electrons. The number of pyridine rings is 6. The van der Waals surface area contributed by atoms with Crippen molar-refractivity contribution >= 4 is 163 Å². The van der Waals surface area contributed by atoms with Crippen LogP contribution in [-0.2, 0) is 50.6 Å². The summed E-state index contributed by atoms with van der Waals surface area (Å²) in [6.45, 7) is 10.9. The molecule has 0 aromatic carbocycles. The first kappa shape index (κ1) is 113. The van der Waals surface area contributed by atoms with Gasteiger partial charge in [0.1, 0.15) is 75.7 Å². The van der Waals surface area contributed by atoms with E-state index >= 15 is 0 Å². The summed E-state index contributed by atoms with van der Waals surface area (Å²) in [5, 5.41) is 107. The summed E-state index contributed by atoms with van der Waals surface area (Å²) in [5.41, 5.74) is 5.51. The molecular weight excluding hydrogens is 2020 g/mol. The van der Waals surface area contributed by atoms with Crippen molar-refractivity contribution in [1.29, 1.82) is 10.5 Å². The third kappa shape index (κ3) is 41.4. The first-order valence-electron chi connectivity index (χ1n) is 39.7. The van der Waals surface area contributed by atoms with Gasteiger partial charge in [-0.3, -0.25) is 30.2 Å². The summed E-state index contributed by atoms with van der Waals surface area (Å²) < 4.78 is 6.18. The number of halogens is 8. The number of aliphatic imine (C=N–C) groups is 2. The molecule has 13 heterocycles. The third-order valence-electron chi connectivity index (χ3n) is 17.9. The lowest BCUT2D eigenvalue weighted by atomic mass is 10.2. The van der Waals surface area contributed by atoms with E-state index in [1.165, 1.54) is 22.7 Å². The zero-order valence-electron chi connectivity index (χ0n) is 75.4. The number of nitrogens with zero attached hydrogens (tertiary/aromatic N) is 36. The van der Waals surface area contributed by atoms with Crippen molar-refractivity contribution in [3.63, 3.8) is 0 Å². The Morgan fingerprint density at radius 1 is 0.493 bits per heavy atom. The molecule has 5 fully saturated rings. The van der Waals surface area contributed by atoms with Gasteiger partial charge in [-0.25, -0.2) is 90.4 Å². The second kappa shape index (κ2) is 58.6. The molecule has 5 aliphatic rings. The van der Waals surface area contributed by atoms with E-state index in [0.29, 0.717) is 168 Å². The minimum atomic E-state index is -0.748. The van der Waals surface area contributed by atoms with Crippen LogP contribution in [0.5, 0.6) is 0 Å². The van der Waals surface area contributed by atoms with Crippen LogP contribution in [-0.4, -0.2) is 307 Å². The predicted octanol–water partition coefficient (Wildman–Crippen LogP) is 8.97. The van der Waals surface area contributed by atoms with E-state index in [0.717, 1.165) is 49.5 Å². The van der Waals surface area contributed by atoms with Crippen LogP contribution in [0.2, 0.25) is 39.9 Å². The number of thiazole rings is 2. The van der Waals surface area contributed by atoms with Crippen LogP contribution in [0.25, 0.3) is 0 Å². The molecular formula is C75H92Cl8N40O13S2. The van der Waals surface area contributed by atoms with Crippen molar-refractivity contribution in [1.82, 2.24) is 120 Å². The Kier molecular flexibility index (Phi) is 47.9. The average molecular weight is 2110 g/mol. The Labute approximate surface area is 837 Å². The zero-order valence-corrected chi connectivity index (χ0v) is 83.1. The summed E-state index contributed by atoms with van der Waals surface area (Å²) in [6.07, 6.45) is 17.7. The Morgan fingerprint density at radius 2 is 0.899 bits per heavy atom. The van der Waals surface area contributed by atoms with E-state index in [2.05, 4.69) is 96.6 Å². The van der Waals surface area contributed by atoms with Crippen LogP contribution in [0.4, 0.5) is 5.69 Å². The Balaban J connectivity index is 0.000000242. The number of hydrogen-bond acceptors (Lipinski definition) is 31. The van der Waals surface area contributed by atoms with Gasteiger partial charge in [0, 0.05) is 168 Å². The third-order valence-corrected chi connectivity index (χ3v) is 21.5. The van der Waals surface area contributed by atoms with E-state index in [4.69, 9.17) is 108 Å². The fourth-order valence-corrected chi connectivity index (χ4v) is 14.8. The first-order chi connectivity index (χ1) is 65.6. The number of nitro groups is 6. The van der Waals surface area contributed by atoms with E-state index in [9.17, 15) is 60.7 Å². The van der Waals surface area contributed by atoms with Crippen molar-refractivity contribution in [3.05, 3.63) is 273 Å². The van der Waals surface area contributed by atoms with E-state index in [1.54, 1.807) is 188 Å². The molecule has 0 radical (unpaired) electrons. The van der Waals surface area contributed by atoms with Crippen LogP contribution >= 0.6 is 115 Å². The molecule has 0 aliphatic carbocycles. The highest BCUT2D eigenvalue weighted by molar-refractivity contribution is 7.16. The smallest absolute Gasteiger partial charge is 0.277 e. The number of guanidine groups is 6. The van der Waals surface area contributed by atoms with Crippen LogP contribution in [0.3, 0.4) is 0 Å². The van der Waals surface area contributed by atoms with E-state index in [1.807, 2.05) is 88.0 Å². The van der Waals surface area contributed by atoms with Crippen molar-refractivity contribution < 1.29 is 34.8 Å². The number of ether oxygens (including phenoxy) is 1. The summed E-state index contributed by atoms with van der Waals surface area (Å²) in [7, 11) is 17.7. The van der Waals surface area contributed by atoms with E-state index in [-0.39, 0.29) is 31.3 Å².